The second-order valence-corrected chi connectivity index (χ2v) is 9.77. The lowest BCUT2D eigenvalue weighted by atomic mass is 9.94. The van der Waals surface area contributed by atoms with Crippen LogP contribution in [0.4, 0.5) is 0 Å². The van der Waals surface area contributed by atoms with E-state index < -0.39 is 0 Å². The van der Waals surface area contributed by atoms with Crippen LogP contribution in [-0.2, 0) is 17.9 Å². The Kier molecular flexibility index (Phi) is 8.20. The number of ketones is 1. The molecular formula is C31H29ClN4O3. The van der Waals surface area contributed by atoms with E-state index in [-0.39, 0.29) is 5.78 Å². The van der Waals surface area contributed by atoms with Gasteiger partial charge in [-0.3, -0.25) is 9.69 Å². The maximum Gasteiger partial charge on any atom is 0.187 e. The Morgan fingerprint density at radius 1 is 0.821 bits per heavy atom. The Bertz CT molecular complexity index is 1440. The van der Waals surface area contributed by atoms with Crippen LogP contribution in [0.1, 0.15) is 22.4 Å². The van der Waals surface area contributed by atoms with E-state index in [2.05, 4.69) is 15.2 Å². The fraction of sp³-hybridized carbons (Fsp3) is 0.194. The van der Waals surface area contributed by atoms with Crippen molar-refractivity contribution in [1.82, 2.24) is 19.9 Å². The summed E-state index contributed by atoms with van der Waals surface area (Å²) in [7, 11) is 3.27. The number of piperidine rings is 1. The molecule has 1 saturated heterocycles. The monoisotopic (exact) mass is 540 g/mol. The molecule has 1 fully saturated rings. The van der Waals surface area contributed by atoms with Crippen molar-refractivity contribution in [1.29, 1.82) is 0 Å². The zero-order chi connectivity index (χ0) is 27.2. The molecule has 39 heavy (non-hydrogen) atoms. The predicted octanol–water partition coefficient (Wildman–Crippen LogP) is 5.55. The van der Waals surface area contributed by atoms with Crippen LogP contribution in [-0.4, -0.2) is 53.0 Å². The number of benzene rings is 3. The minimum Gasteiger partial charge on any atom is -0.497 e. The van der Waals surface area contributed by atoms with E-state index in [9.17, 15) is 4.79 Å². The quantitative estimate of drug-likeness (QED) is 0.273. The van der Waals surface area contributed by atoms with Gasteiger partial charge in [0.15, 0.2) is 5.78 Å². The van der Waals surface area contributed by atoms with E-state index in [4.69, 9.17) is 21.1 Å². The summed E-state index contributed by atoms with van der Waals surface area (Å²) in [5.74, 6) is 1.59. The highest BCUT2D eigenvalue weighted by molar-refractivity contribution is 6.31. The molecule has 0 atom stereocenters. The molecule has 0 spiro atoms. The molecule has 198 valence electrons. The predicted molar refractivity (Wildman–Crippen MR) is 153 cm³/mol. The van der Waals surface area contributed by atoms with Gasteiger partial charge in [0.1, 0.15) is 11.5 Å². The number of methoxy groups -OCH3 is 2. The Balaban J connectivity index is 1.39. The number of carbonyl (C=O) groups is 1. The van der Waals surface area contributed by atoms with Crippen LogP contribution in [0.5, 0.6) is 11.5 Å². The summed E-state index contributed by atoms with van der Waals surface area (Å²) < 4.78 is 12.3. The highest BCUT2D eigenvalue weighted by Gasteiger charge is 2.27. The summed E-state index contributed by atoms with van der Waals surface area (Å²) in [5.41, 5.74) is 5.12. The third-order valence-electron chi connectivity index (χ3n) is 6.55. The number of hydrogen-bond acceptors (Lipinski definition) is 6. The van der Waals surface area contributed by atoms with Crippen molar-refractivity contribution >= 4 is 29.5 Å². The molecule has 0 N–H and O–H groups in total. The second kappa shape index (κ2) is 12.1. The van der Waals surface area contributed by atoms with Crippen LogP contribution in [0.3, 0.4) is 0 Å². The minimum atomic E-state index is 0.0419. The number of carbonyl (C=O) groups excluding carboxylic acids is 1. The molecule has 3 aromatic carbocycles. The molecule has 0 unspecified atom stereocenters. The molecule has 8 heteroatoms. The van der Waals surface area contributed by atoms with Crippen molar-refractivity contribution < 1.29 is 14.3 Å². The minimum absolute atomic E-state index is 0.0419. The van der Waals surface area contributed by atoms with Gasteiger partial charge >= 0.3 is 0 Å². The van der Waals surface area contributed by atoms with Crippen LogP contribution in [0, 0.1) is 0 Å². The van der Waals surface area contributed by atoms with Gasteiger partial charge in [-0.15, -0.1) is 5.10 Å². The van der Waals surface area contributed by atoms with Crippen LogP contribution in [0.25, 0.3) is 12.2 Å². The number of halogens is 1. The van der Waals surface area contributed by atoms with Gasteiger partial charge in [-0.1, -0.05) is 59.3 Å². The fourth-order valence-corrected chi connectivity index (χ4v) is 4.74. The zero-order valence-electron chi connectivity index (χ0n) is 21.9. The number of nitrogens with zero attached hydrogens (tertiary/aromatic N) is 4. The zero-order valence-corrected chi connectivity index (χ0v) is 22.6. The van der Waals surface area contributed by atoms with Gasteiger partial charge in [0.05, 0.1) is 32.7 Å². The molecule has 0 aliphatic carbocycles. The maximum atomic E-state index is 13.6. The third kappa shape index (κ3) is 6.63. The van der Waals surface area contributed by atoms with Crippen molar-refractivity contribution in [2.75, 3.05) is 27.3 Å². The molecule has 0 saturated carbocycles. The Morgan fingerprint density at radius 3 is 1.92 bits per heavy atom. The number of hydrogen-bond donors (Lipinski definition) is 0. The van der Waals surface area contributed by atoms with Crippen LogP contribution in [0.2, 0.25) is 5.02 Å². The molecule has 7 nitrogen and oxygen atoms in total. The SMILES string of the molecule is COc1ccc(/C=C2\CN(Cc3cn(Cc4ccccc4Cl)nn3)C/C(=C\c3ccc(OC)cc3)C2=O)cc1. The topological polar surface area (TPSA) is 69.5 Å². The van der Waals surface area contributed by atoms with Crippen molar-refractivity contribution in [3.63, 3.8) is 0 Å². The summed E-state index contributed by atoms with van der Waals surface area (Å²) in [6.45, 7) is 2.09. The molecule has 0 amide bonds. The summed E-state index contributed by atoms with van der Waals surface area (Å²) in [6, 6.07) is 23.1. The normalized spacial score (nSPS) is 16.1. The largest absolute Gasteiger partial charge is 0.497 e. The number of aromatic nitrogens is 3. The van der Waals surface area contributed by atoms with Crippen molar-refractivity contribution in [2.45, 2.75) is 13.1 Å². The van der Waals surface area contributed by atoms with Crippen LogP contribution >= 0.6 is 11.6 Å². The fourth-order valence-electron chi connectivity index (χ4n) is 4.54. The second-order valence-electron chi connectivity index (χ2n) is 9.36. The molecule has 1 aliphatic heterocycles. The number of Topliss-reactive ketones (excluding diaryl/α,β-unsaturated/α-hetero) is 1. The molecule has 0 bridgehead atoms. The highest BCUT2D eigenvalue weighted by Crippen LogP contribution is 2.25. The van der Waals surface area contributed by atoms with Gasteiger partial charge in [0.2, 0.25) is 0 Å². The van der Waals surface area contributed by atoms with Crippen molar-refractivity contribution in [3.05, 3.63) is 118 Å². The average molecular weight is 541 g/mol. The van der Waals surface area contributed by atoms with Gasteiger partial charge in [-0.25, -0.2) is 4.68 Å². The summed E-state index contributed by atoms with van der Waals surface area (Å²) in [5, 5.41) is 9.39. The average Bonchev–Trinajstić information content (AvgIpc) is 3.40. The van der Waals surface area contributed by atoms with Gasteiger partial charge in [0.25, 0.3) is 0 Å². The first-order valence-corrected chi connectivity index (χ1v) is 13.0. The third-order valence-corrected chi connectivity index (χ3v) is 6.92. The standard InChI is InChI=1S/C31H29ClN4O3/c1-38-28-11-7-22(8-12-28)15-25-17-35(18-26(31(25)37)16-23-9-13-29(39-2)14-10-23)20-27-21-36(34-33-27)19-24-5-3-4-6-30(24)32/h3-16,21H,17-20H2,1-2H3/b25-15+,26-16+. The summed E-state index contributed by atoms with van der Waals surface area (Å²) >= 11 is 6.32. The Labute approximate surface area is 232 Å². The molecular weight excluding hydrogens is 512 g/mol. The van der Waals surface area contributed by atoms with Crippen LogP contribution in [0.15, 0.2) is 90.1 Å². The smallest absolute Gasteiger partial charge is 0.187 e. The molecule has 2 heterocycles. The van der Waals surface area contributed by atoms with E-state index in [0.717, 1.165) is 45.0 Å². The molecule has 1 aromatic heterocycles. The van der Waals surface area contributed by atoms with Gasteiger partial charge in [-0.05, 0) is 59.2 Å². The van der Waals surface area contributed by atoms with E-state index in [1.807, 2.05) is 91.1 Å². The Morgan fingerprint density at radius 2 is 1.38 bits per heavy atom. The van der Waals surface area contributed by atoms with Gasteiger partial charge < -0.3 is 9.47 Å². The van der Waals surface area contributed by atoms with E-state index in [1.54, 1.807) is 18.9 Å². The van der Waals surface area contributed by atoms with E-state index in [1.165, 1.54) is 0 Å². The highest BCUT2D eigenvalue weighted by atomic mass is 35.5. The molecule has 4 aromatic rings. The van der Waals surface area contributed by atoms with Crippen molar-refractivity contribution in [3.8, 4) is 11.5 Å². The molecule has 1 aliphatic rings. The lowest BCUT2D eigenvalue weighted by Gasteiger charge is -2.29. The lowest BCUT2D eigenvalue weighted by Crippen LogP contribution is -2.37. The van der Waals surface area contributed by atoms with E-state index in [0.29, 0.717) is 31.2 Å². The lowest BCUT2D eigenvalue weighted by molar-refractivity contribution is -0.113. The first-order valence-electron chi connectivity index (χ1n) is 12.6. The summed E-state index contributed by atoms with van der Waals surface area (Å²) in [6.07, 6.45) is 5.83. The number of ether oxygens (including phenoxy) is 2. The van der Waals surface area contributed by atoms with Gasteiger partial charge in [0, 0.05) is 35.8 Å². The first-order chi connectivity index (χ1) is 19.0. The first kappa shape index (κ1) is 26.4. The maximum absolute atomic E-state index is 13.6. The van der Waals surface area contributed by atoms with Crippen molar-refractivity contribution in [2.24, 2.45) is 0 Å². The molecule has 5 rings (SSSR count). The number of rotatable bonds is 8. The summed E-state index contributed by atoms with van der Waals surface area (Å²) in [4.78, 5) is 15.8. The van der Waals surface area contributed by atoms with E-state index >= 15 is 0 Å². The van der Waals surface area contributed by atoms with Crippen LogP contribution < -0.4 is 9.47 Å². The Hall–Kier alpha value is -4.20. The van der Waals surface area contributed by atoms with Gasteiger partial charge in [-0.2, -0.15) is 0 Å². The molecule has 0 radical (unpaired) electrons. The number of likely N-dealkylation sites (tertiary alicyclic amines) is 1.